The molecule has 0 saturated heterocycles. The highest BCUT2D eigenvalue weighted by Gasteiger charge is 2.16. The van der Waals surface area contributed by atoms with Crippen molar-refractivity contribution in [3.05, 3.63) is 59.0 Å². The van der Waals surface area contributed by atoms with Gasteiger partial charge < -0.3 is 10.4 Å². The topological polar surface area (TPSA) is 142 Å². The lowest BCUT2D eigenvalue weighted by atomic mass is 10.1. The van der Waals surface area contributed by atoms with Gasteiger partial charge in [0.1, 0.15) is 12.2 Å². The van der Waals surface area contributed by atoms with Gasteiger partial charge >= 0.3 is 5.97 Å². The predicted octanol–water partition coefficient (Wildman–Crippen LogP) is 1.70. The van der Waals surface area contributed by atoms with Crippen molar-refractivity contribution in [2.45, 2.75) is 4.90 Å². The molecule has 0 aliphatic rings. The lowest BCUT2D eigenvalue weighted by Crippen LogP contribution is -2.29. The van der Waals surface area contributed by atoms with Crippen LogP contribution in [0.25, 0.3) is 0 Å². The number of hydrogen-bond acceptors (Lipinski definition) is 6. The first kappa shape index (κ1) is 18.2. The molecule has 3 N–H and O–H groups in total. The van der Waals surface area contributed by atoms with Crippen molar-refractivity contribution in [2.24, 2.45) is 5.18 Å². The zero-order chi connectivity index (χ0) is 18.4. The Kier molecular flexibility index (Phi) is 5.57. The van der Waals surface area contributed by atoms with Crippen molar-refractivity contribution in [1.29, 1.82) is 0 Å². The number of amides is 1. The molecule has 0 unspecified atom stereocenters. The maximum absolute atomic E-state index is 12.1. The molecule has 0 saturated carbocycles. The average molecular weight is 363 g/mol. The van der Waals surface area contributed by atoms with Gasteiger partial charge in [0.2, 0.25) is 10.0 Å². The number of rotatable bonds is 7. The summed E-state index contributed by atoms with van der Waals surface area (Å²) < 4.78 is 25.6. The Hall–Kier alpha value is -3.11. The summed E-state index contributed by atoms with van der Waals surface area (Å²) in [4.78, 5) is 33.1. The second kappa shape index (κ2) is 7.64. The van der Waals surface area contributed by atoms with Crippen LogP contribution in [0.1, 0.15) is 10.4 Å². The molecule has 0 fully saturated rings. The van der Waals surface area contributed by atoms with Crippen LogP contribution in [0.4, 0.5) is 11.4 Å². The number of carbonyl (C=O) groups is 2. The van der Waals surface area contributed by atoms with Gasteiger partial charge in [0.15, 0.2) is 0 Å². The van der Waals surface area contributed by atoms with Crippen LogP contribution >= 0.6 is 0 Å². The molecule has 0 atom stereocenters. The van der Waals surface area contributed by atoms with Crippen LogP contribution in [0.15, 0.2) is 58.6 Å². The molecule has 0 aromatic heterocycles. The minimum Gasteiger partial charge on any atom is -0.480 e. The Morgan fingerprint density at radius 1 is 1.04 bits per heavy atom. The third kappa shape index (κ3) is 4.68. The van der Waals surface area contributed by atoms with Gasteiger partial charge in [-0.25, -0.2) is 8.42 Å². The van der Waals surface area contributed by atoms with Crippen LogP contribution in [0.2, 0.25) is 0 Å². The molecule has 1 amide bonds. The summed E-state index contributed by atoms with van der Waals surface area (Å²) in [5, 5.41) is 13.8. The Bertz CT molecular complexity index is 909. The molecule has 130 valence electrons. The number of carboxylic acids is 1. The van der Waals surface area contributed by atoms with E-state index in [1.54, 1.807) is 12.1 Å². The van der Waals surface area contributed by atoms with E-state index in [9.17, 15) is 22.9 Å². The summed E-state index contributed by atoms with van der Waals surface area (Å²) in [6.07, 6.45) is 0. The minimum atomic E-state index is -3.96. The highest BCUT2D eigenvalue weighted by molar-refractivity contribution is 7.89. The first-order valence-electron chi connectivity index (χ1n) is 6.89. The van der Waals surface area contributed by atoms with Crippen LogP contribution in [0.5, 0.6) is 0 Å². The average Bonchev–Trinajstić information content (AvgIpc) is 2.60. The van der Waals surface area contributed by atoms with E-state index < -0.39 is 28.4 Å². The van der Waals surface area contributed by atoms with Crippen molar-refractivity contribution in [2.75, 3.05) is 11.9 Å². The molecular weight excluding hydrogens is 350 g/mol. The van der Waals surface area contributed by atoms with Crippen LogP contribution in [0, 0.1) is 4.91 Å². The molecule has 2 aromatic rings. The molecule has 25 heavy (non-hydrogen) atoms. The van der Waals surface area contributed by atoms with Crippen molar-refractivity contribution in [3.8, 4) is 0 Å². The standard InChI is InChI=1S/C15H13N3O6S/c19-14(20)9-16-25(23,24)11-7-5-10(6-8-11)17-15(21)12-3-1-2-4-13(12)18-22/h1-8,16H,9H2,(H,17,21)(H,19,20). The quantitative estimate of drug-likeness (QED) is 0.639. The maximum Gasteiger partial charge on any atom is 0.318 e. The van der Waals surface area contributed by atoms with Crippen LogP contribution in [0.3, 0.4) is 0 Å². The van der Waals surface area contributed by atoms with Crippen molar-refractivity contribution in [1.82, 2.24) is 4.72 Å². The number of nitrogens with zero attached hydrogens (tertiary/aromatic N) is 1. The van der Waals surface area contributed by atoms with E-state index in [0.29, 0.717) is 5.69 Å². The molecule has 0 bridgehead atoms. The zero-order valence-corrected chi connectivity index (χ0v) is 13.5. The van der Waals surface area contributed by atoms with Crippen LogP contribution < -0.4 is 10.0 Å². The summed E-state index contributed by atoms with van der Waals surface area (Å²) >= 11 is 0. The number of nitrogens with one attached hydrogen (secondary N) is 2. The zero-order valence-electron chi connectivity index (χ0n) is 12.7. The molecule has 0 aliphatic carbocycles. The molecule has 9 nitrogen and oxygen atoms in total. The minimum absolute atomic E-state index is 0.0166. The van der Waals surface area contributed by atoms with Gasteiger partial charge in [-0.1, -0.05) is 12.1 Å². The molecule has 0 aliphatic heterocycles. The lowest BCUT2D eigenvalue weighted by molar-refractivity contribution is -0.135. The number of sulfonamides is 1. The van der Waals surface area contributed by atoms with E-state index in [1.165, 1.54) is 36.4 Å². The molecular formula is C15H13N3O6S. The normalized spacial score (nSPS) is 10.9. The largest absolute Gasteiger partial charge is 0.480 e. The summed E-state index contributed by atoms with van der Waals surface area (Å²) in [7, 11) is -3.96. The van der Waals surface area contributed by atoms with Gasteiger partial charge in [0.25, 0.3) is 5.91 Å². The number of carbonyl (C=O) groups excluding carboxylic acids is 1. The SMILES string of the molecule is O=Nc1ccccc1C(=O)Nc1ccc(S(=O)(=O)NCC(=O)O)cc1. The number of anilines is 1. The van der Waals surface area contributed by atoms with Crippen molar-refractivity contribution >= 4 is 33.3 Å². The van der Waals surface area contributed by atoms with Gasteiger partial charge in [-0.3, -0.25) is 9.59 Å². The monoisotopic (exact) mass is 363 g/mol. The van der Waals surface area contributed by atoms with E-state index in [-0.39, 0.29) is 16.1 Å². The van der Waals surface area contributed by atoms with Crippen molar-refractivity contribution in [3.63, 3.8) is 0 Å². The Morgan fingerprint density at radius 3 is 2.28 bits per heavy atom. The Balaban J connectivity index is 2.14. The fraction of sp³-hybridized carbons (Fsp3) is 0.0667. The molecule has 0 spiro atoms. The number of hydrogen-bond donors (Lipinski definition) is 3. The summed E-state index contributed by atoms with van der Waals surface area (Å²) in [6, 6.07) is 11.1. The number of benzene rings is 2. The maximum atomic E-state index is 12.1. The summed E-state index contributed by atoms with van der Waals surface area (Å²) in [6.45, 7) is -0.740. The van der Waals surface area contributed by atoms with Crippen LogP contribution in [-0.4, -0.2) is 31.9 Å². The second-order valence-electron chi connectivity index (χ2n) is 4.81. The summed E-state index contributed by atoms with van der Waals surface area (Å²) in [5.74, 6) is -1.88. The van der Waals surface area contributed by atoms with Gasteiger partial charge in [-0.05, 0) is 41.6 Å². The van der Waals surface area contributed by atoms with Crippen LogP contribution in [-0.2, 0) is 14.8 Å². The lowest BCUT2D eigenvalue weighted by Gasteiger charge is -2.08. The van der Waals surface area contributed by atoms with E-state index in [0.717, 1.165) is 0 Å². The molecule has 0 heterocycles. The Morgan fingerprint density at radius 2 is 1.68 bits per heavy atom. The van der Waals surface area contributed by atoms with Gasteiger partial charge in [0, 0.05) is 5.69 Å². The van der Waals surface area contributed by atoms with E-state index in [2.05, 4.69) is 10.5 Å². The fourth-order valence-corrected chi connectivity index (χ4v) is 2.88. The number of carboxylic acid groups (broad SMARTS) is 1. The highest BCUT2D eigenvalue weighted by atomic mass is 32.2. The van der Waals surface area contributed by atoms with Gasteiger partial charge in [-0.2, -0.15) is 4.72 Å². The molecule has 10 heteroatoms. The third-order valence-corrected chi connectivity index (χ3v) is 4.50. The van der Waals surface area contributed by atoms with E-state index in [1.807, 2.05) is 4.72 Å². The predicted molar refractivity (Wildman–Crippen MR) is 89.1 cm³/mol. The van der Waals surface area contributed by atoms with Gasteiger partial charge in [0.05, 0.1) is 10.5 Å². The molecule has 2 rings (SSSR count). The summed E-state index contributed by atoms with van der Waals surface area (Å²) in [5.41, 5.74) is 0.359. The Labute approximate surface area is 142 Å². The van der Waals surface area contributed by atoms with Gasteiger partial charge in [-0.15, -0.1) is 4.91 Å². The second-order valence-corrected chi connectivity index (χ2v) is 6.57. The first-order valence-corrected chi connectivity index (χ1v) is 8.37. The number of aliphatic carboxylic acids is 1. The third-order valence-electron chi connectivity index (χ3n) is 3.08. The van der Waals surface area contributed by atoms with E-state index >= 15 is 0 Å². The highest BCUT2D eigenvalue weighted by Crippen LogP contribution is 2.20. The van der Waals surface area contributed by atoms with Crippen molar-refractivity contribution < 1.29 is 23.1 Å². The van der Waals surface area contributed by atoms with E-state index in [4.69, 9.17) is 5.11 Å². The fourth-order valence-electron chi connectivity index (χ4n) is 1.90. The smallest absolute Gasteiger partial charge is 0.318 e. The number of nitroso groups, excluding NO2 is 1. The first-order chi connectivity index (χ1) is 11.8. The molecule has 0 radical (unpaired) electrons. The molecule has 2 aromatic carbocycles.